The molecule has 29 heavy (non-hydrogen) atoms. The summed E-state index contributed by atoms with van der Waals surface area (Å²) in [6.07, 6.45) is -1.19. The molecule has 2 N–H and O–H groups in total. The van der Waals surface area contributed by atoms with Gasteiger partial charge < -0.3 is 24.6 Å². The minimum atomic E-state index is -1.32. The van der Waals surface area contributed by atoms with Gasteiger partial charge in [-0.1, -0.05) is 18.2 Å². The molecule has 0 bridgehead atoms. The van der Waals surface area contributed by atoms with Crippen molar-refractivity contribution in [3.63, 3.8) is 0 Å². The molecule has 2 aromatic carbocycles. The number of benzene rings is 2. The van der Waals surface area contributed by atoms with E-state index in [2.05, 4.69) is 5.32 Å². The zero-order chi connectivity index (χ0) is 20.6. The minimum absolute atomic E-state index is 0.0195. The lowest BCUT2D eigenvalue weighted by molar-refractivity contribution is -0.132. The van der Waals surface area contributed by atoms with Crippen LogP contribution in [0.25, 0.3) is 0 Å². The molecule has 0 unspecified atom stereocenters. The van der Waals surface area contributed by atoms with Crippen LogP contribution in [0.1, 0.15) is 12.5 Å². The lowest BCUT2D eigenvalue weighted by atomic mass is 9.91. The van der Waals surface area contributed by atoms with Crippen molar-refractivity contribution in [2.24, 2.45) is 0 Å². The number of nitrogens with one attached hydrogen (secondary N) is 1. The number of hydrogen-bond donors (Lipinski definition) is 2. The number of rotatable bonds is 6. The Hall–Kier alpha value is -3.33. The molecular formula is C20H19FN2O6. The molecule has 0 radical (unpaired) electrons. The van der Waals surface area contributed by atoms with E-state index < -0.39 is 29.4 Å². The molecule has 0 spiro atoms. The zero-order valence-electron chi connectivity index (χ0n) is 15.6. The van der Waals surface area contributed by atoms with Crippen molar-refractivity contribution < 1.29 is 33.3 Å². The first-order chi connectivity index (χ1) is 13.9. The smallest absolute Gasteiger partial charge is 0.325 e. The Morgan fingerprint density at radius 2 is 2.00 bits per heavy atom. The number of halogens is 1. The van der Waals surface area contributed by atoms with Gasteiger partial charge in [-0.3, -0.25) is 9.69 Å². The second-order valence-electron chi connectivity index (χ2n) is 6.93. The summed E-state index contributed by atoms with van der Waals surface area (Å²) < 4.78 is 29.4. The van der Waals surface area contributed by atoms with Gasteiger partial charge in [0, 0.05) is 0 Å². The number of nitrogens with zero attached hydrogens (tertiary/aromatic N) is 1. The van der Waals surface area contributed by atoms with Crippen LogP contribution in [0.4, 0.5) is 9.18 Å². The van der Waals surface area contributed by atoms with Gasteiger partial charge in [-0.05, 0) is 36.8 Å². The number of para-hydroxylation sites is 1. The van der Waals surface area contributed by atoms with E-state index in [9.17, 15) is 19.1 Å². The van der Waals surface area contributed by atoms with E-state index in [1.54, 1.807) is 31.2 Å². The summed E-state index contributed by atoms with van der Waals surface area (Å²) in [5, 5.41) is 12.9. The summed E-state index contributed by atoms with van der Waals surface area (Å²) in [5.41, 5.74) is -0.788. The molecule has 2 aliphatic rings. The van der Waals surface area contributed by atoms with Crippen LogP contribution in [-0.2, 0) is 10.3 Å². The molecule has 8 nitrogen and oxygen atoms in total. The highest BCUT2D eigenvalue weighted by atomic mass is 19.1. The third-order valence-corrected chi connectivity index (χ3v) is 4.89. The fourth-order valence-corrected chi connectivity index (χ4v) is 3.28. The fourth-order valence-electron chi connectivity index (χ4n) is 3.28. The number of carbonyl (C=O) groups excluding carboxylic acids is 2. The number of carbonyl (C=O) groups is 2. The number of aliphatic hydroxyl groups is 1. The Kier molecular flexibility index (Phi) is 4.75. The lowest BCUT2D eigenvalue weighted by Gasteiger charge is -2.23. The summed E-state index contributed by atoms with van der Waals surface area (Å²) in [4.78, 5) is 26.3. The molecule has 2 heterocycles. The summed E-state index contributed by atoms with van der Waals surface area (Å²) in [7, 11) is 0. The van der Waals surface area contributed by atoms with Crippen LogP contribution < -0.4 is 19.5 Å². The highest BCUT2D eigenvalue weighted by Gasteiger charge is 2.49. The number of amides is 3. The van der Waals surface area contributed by atoms with E-state index in [1.165, 1.54) is 18.2 Å². The maximum atomic E-state index is 13.6. The van der Waals surface area contributed by atoms with Crippen LogP contribution in [0.5, 0.6) is 17.2 Å². The summed E-state index contributed by atoms with van der Waals surface area (Å²) in [6.45, 7) is 1.10. The third-order valence-electron chi connectivity index (χ3n) is 4.89. The highest BCUT2D eigenvalue weighted by molar-refractivity contribution is 6.07. The van der Waals surface area contributed by atoms with Crippen molar-refractivity contribution in [3.8, 4) is 17.2 Å². The average Bonchev–Trinajstić information content (AvgIpc) is 3.26. The maximum Gasteiger partial charge on any atom is 0.325 e. The zero-order valence-corrected chi connectivity index (χ0v) is 15.6. The van der Waals surface area contributed by atoms with Gasteiger partial charge in [0.05, 0.1) is 6.54 Å². The lowest BCUT2D eigenvalue weighted by Crippen LogP contribution is -2.42. The standard InChI is InChI=1S/C20H19FN2O6/c1-20(12-6-7-16-17(8-12)29-11-28-16)18(25)23(19(26)22-20)9-13(24)10-27-15-5-3-2-4-14(15)21/h2-8,13,24H,9-11H2,1H3,(H,22,26)/t13-,20-/m0/s1. The van der Waals surface area contributed by atoms with Crippen LogP contribution in [0.15, 0.2) is 42.5 Å². The van der Waals surface area contributed by atoms with E-state index in [-0.39, 0.29) is 25.7 Å². The van der Waals surface area contributed by atoms with E-state index in [0.29, 0.717) is 17.1 Å². The van der Waals surface area contributed by atoms with Crippen LogP contribution in [0.3, 0.4) is 0 Å². The first kappa shape index (κ1) is 19.0. The van der Waals surface area contributed by atoms with Crippen LogP contribution in [-0.4, -0.2) is 48.0 Å². The van der Waals surface area contributed by atoms with Crippen LogP contribution >= 0.6 is 0 Å². The predicted octanol–water partition coefficient (Wildman–Crippen LogP) is 1.76. The normalized spacial score (nSPS) is 21.3. The van der Waals surface area contributed by atoms with E-state index >= 15 is 0 Å². The monoisotopic (exact) mass is 402 g/mol. The first-order valence-electron chi connectivity index (χ1n) is 8.98. The minimum Gasteiger partial charge on any atom is -0.488 e. The molecule has 4 rings (SSSR count). The molecule has 2 aromatic rings. The number of ether oxygens (including phenoxy) is 3. The molecule has 2 aliphatic heterocycles. The van der Waals surface area contributed by atoms with Crippen molar-refractivity contribution >= 4 is 11.9 Å². The summed E-state index contributed by atoms with van der Waals surface area (Å²) in [5.74, 6) is -0.0560. The Morgan fingerprint density at radius 3 is 2.79 bits per heavy atom. The van der Waals surface area contributed by atoms with Crippen molar-refractivity contribution in [2.75, 3.05) is 19.9 Å². The third kappa shape index (κ3) is 3.44. The maximum absolute atomic E-state index is 13.6. The fraction of sp³-hybridized carbons (Fsp3) is 0.300. The molecular weight excluding hydrogens is 383 g/mol. The largest absolute Gasteiger partial charge is 0.488 e. The molecule has 9 heteroatoms. The Balaban J connectivity index is 1.44. The van der Waals surface area contributed by atoms with E-state index in [4.69, 9.17) is 14.2 Å². The molecule has 2 atom stereocenters. The second-order valence-corrected chi connectivity index (χ2v) is 6.93. The number of urea groups is 1. The van der Waals surface area contributed by atoms with Gasteiger partial charge in [-0.2, -0.15) is 0 Å². The van der Waals surface area contributed by atoms with Gasteiger partial charge in [0.2, 0.25) is 6.79 Å². The van der Waals surface area contributed by atoms with E-state index in [0.717, 1.165) is 4.90 Å². The number of fused-ring (bicyclic) bond motifs is 1. The van der Waals surface area contributed by atoms with Gasteiger partial charge in [0.1, 0.15) is 18.2 Å². The number of imide groups is 1. The Bertz CT molecular complexity index is 968. The molecule has 0 saturated carbocycles. The molecule has 152 valence electrons. The average molecular weight is 402 g/mol. The van der Waals surface area contributed by atoms with Crippen molar-refractivity contribution in [1.29, 1.82) is 0 Å². The van der Waals surface area contributed by atoms with Gasteiger partial charge in [-0.15, -0.1) is 0 Å². The molecule has 0 aromatic heterocycles. The molecule has 3 amide bonds. The molecule has 1 fully saturated rings. The second kappa shape index (κ2) is 7.25. The highest BCUT2D eigenvalue weighted by Crippen LogP contribution is 2.37. The van der Waals surface area contributed by atoms with Crippen molar-refractivity contribution in [1.82, 2.24) is 10.2 Å². The van der Waals surface area contributed by atoms with Gasteiger partial charge >= 0.3 is 6.03 Å². The SMILES string of the molecule is C[C@@]1(c2ccc3c(c2)OCO3)NC(=O)N(C[C@H](O)COc2ccccc2F)C1=O. The van der Waals surface area contributed by atoms with Crippen molar-refractivity contribution in [3.05, 3.63) is 53.8 Å². The predicted molar refractivity (Wildman–Crippen MR) is 98.1 cm³/mol. The first-order valence-corrected chi connectivity index (χ1v) is 8.98. The molecule has 1 saturated heterocycles. The number of aliphatic hydroxyl groups excluding tert-OH is 1. The van der Waals surface area contributed by atoms with Gasteiger partial charge in [0.15, 0.2) is 23.1 Å². The Labute approximate surface area is 165 Å². The number of β-amino-alcohol motifs (C(OH)–C–C–N with tert-alkyl or cyclic N) is 1. The Morgan fingerprint density at radius 1 is 1.24 bits per heavy atom. The topological polar surface area (TPSA) is 97.3 Å². The van der Waals surface area contributed by atoms with Crippen molar-refractivity contribution in [2.45, 2.75) is 18.6 Å². The van der Waals surface area contributed by atoms with Gasteiger partial charge in [0.25, 0.3) is 5.91 Å². The number of hydrogen-bond acceptors (Lipinski definition) is 6. The quantitative estimate of drug-likeness (QED) is 0.715. The van der Waals surface area contributed by atoms with Crippen LogP contribution in [0, 0.1) is 5.82 Å². The summed E-state index contributed by atoms with van der Waals surface area (Å²) >= 11 is 0. The van der Waals surface area contributed by atoms with Gasteiger partial charge in [-0.25, -0.2) is 9.18 Å². The van der Waals surface area contributed by atoms with E-state index in [1.807, 2.05) is 0 Å². The van der Waals surface area contributed by atoms with Crippen LogP contribution in [0.2, 0.25) is 0 Å². The molecule has 0 aliphatic carbocycles. The summed E-state index contributed by atoms with van der Waals surface area (Å²) in [6, 6.07) is 10.1.